The third kappa shape index (κ3) is 8.08. The van der Waals surface area contributed by atoms with Gasteiger partial charge in [0.05, 0.1) is 19.6 Å². The van der Waals surface area contributed by atoms with Crippen LogP contribution in [0.4, 0.5) is 0 Å². The van der Waals surface area contributed by atoms with Crippen LogP contribution in [-0.2, 0) is 25.5 Å². The first-order valence-corrected chi connectivity index (χ1v) is 10.6. The van der Waals surface area contributed by atoms with Gasteiger partial charge in [0.2, 0.25) is 0 Å². The lowest BCUT2D eigenvalue weighted by atomic mass is 9.89. The summed E-state index contributed by atoms with van der Waals surface area (Å²) in [6.45, 7) is 5.01. The molecule has 1 aliphatic rings. The SMILES string of the molecule is CCN1CC=C(c2ccccc2)C(C(=O)OCCc2ccc(OC)cc2)C1.O=C(O)C(=O)O. The number of carboxylic acids is 2. The minimum Gasteiger partial charge on any atom is -0.497 e. The molecule has 2 aromatic carbocycles. The van der Waals surface area contributed by atoms with E-state index in [1.807, 2.05) is 42.5 Å². The highest BCUT2D eigenvalue weighted by atomic mass is 16.5. The molecule has 8 heteroatoms. The first-order chi connectivity index (χ1) is 15.8. The predicted octanol–water partition coefficient (Wildman–Crippen LogP) is 2.97. The molecule has 0 saturated carbocycles. The number of carboxylic acid groups (broad SMARTS) is 2. The second kappa shape index (κ2) is 13.0. The third-order valence-electron chi connectivity index (χ3n) is 5.20. The molecule has 0 saturated heterocycles. The number of hydrogen-bond acceptors (Lipinski definition) is 6. The highest BCUT2D eigenvalue weighted by Gasteiger charge is 2.30. The zero-order valence-electron chi connectivity index (χ0n) is 18.8. The van der Waals surface area contributed by atoms with Gasteiger partial charge in [0.25, 0.3) is 0 Å². The quantitative estimate of drug-likeness (QED) is 0.484. The van der Waals surface area contributed by atoms with Crippen LogP contribution >= 0.6 is 0 Å². The number of carbonyl (C=O) groups excluding carboxylic acids is 1. The Bertz CT molecular complexity index is 942. The van der Waals surface area contributed by atoms with Crippen molar-refractivity contribution in [3.05, 3.63) is 71.8 Å². The van der Waals surface area contributed by atoms with Gasteiger partial charge in [-0.2, -0.15) is 0 Å². The summed E-state index contributed by atoms with van der Waals surface area (Å²) in [7, 11) is 1.65. The summed E-state index contributed by atoms with van der Waals surface area (Å²) in [5, 5.41) is 14.8. The Labute approximate surface area is 193 Å². The van der Waals surface area contributed by atoms with Gasteiger partial charge >= 0.3 is 17.9 Å². The molecule has 0 bridgehead atoms. The molecule has 0 radical (unpaired) electrons. The minimum absolute atomic E-state index is 0.142. The van der Waals surface area contributed by atoms with E-state index in [1.54, 1.807) is 7.11 Å². The lowest BCUT2D eigenvalue weighted by molar-refractivity contribution is -0.159. The van der Waals surface area contributed by atoms with E-state index in [9.17, 15) is 4.79 Å². The van der Waals surface area contributed by atoms with Gasteiger partial charge in [-0.1, -0.05) is 55.5 Å². The maximum absolute atomic E-state index is 12.8. The van der Waals surface area contributed by atoms with E-state index in [4.69, 9.17) is 29.3 Å². The fraction of sp³-hybridized carbons (Fsp3) is 0.320. The molecule has 0 spiro atoms. The molecule has 2 aromatic rings. The molecule has 176 valence electrons. The molecular formula is C25H29NO7. The minimum atomic E-state index is -1.82. The average Bonchev–Trinajstić information content (AvgIpc) is 2.84. The van der Waals surface area contributed by atoms with Crippen molar-refractivity contribution < 1.29 is 34.1 Å². The molecule has 0 aliphatic carbocycles. The number of rotatable bonds is 7. The highest BCUT2D eigenvalue weighted by molar-refractivity contribution is 6.27. The summed E-state index contributed by atoms with van der Waals surface area (Å²) >= 11 is 0. The second-order valence-electron chi connectivity index (χ2n) is 7.31. The van der Waals surface area contributed by atoms with Crippen LogP contribution in [0, 0.1) is 5.92 Å². The van der Waals surface area contributed by atoms with Crippen molar-refractivity contribution in [2.45, 2.75) is 13.3 Å². The van der Waals surface area contributed by atoms with Crippen LogP contribution in [-0.4, -0.2) is 66.4 Å². The zero-order valence-corrected chi connectivity index (χ0v) is 18.8. The third-order valence-corrected chi connectivity index (χ3v) is 5.20. The van der Waals surface area contributed by atoms with E-state index in [1.165, 1.54) is 0 Å². The Hall–Kier alpha value is -3.65. The molecule has 33 heavy (non-hydrogen) atoms. The van der Waals surface area contributed by atoms with Gasteiger partial charge in [0.15, 0.2) is 0 Å². The number of benzene rings is 2. The van der Waals surface area contributed by atoms with Crippen LogP contribution < -0.4 is 4.74 Å². The molecule has 1 unspecified atom stereocenters. The van der Waals surface area contributed by atoms with Gasteiger partial charge in [0, 0.05) is 19.5 Å². The summed E-state index contributed by atoms with van der Waals surface area (Å²) in [6.07, 6.45) is 2.86. The molecule has 3 rings (SSSR count). The van der Waals surface area contributed by atoms with Crippen molar-refractivity contribution in [1.82, 2.24) is 4.90 Å². The zero-order chi connectivity index (χ0) is 24.2. The molecule has 1 atom stereocenters. The first-order valence-electron chi connectivity index (χ1n) is 10.6. The van der Waals surface area contributed by atoms with Crippen LogP contribution in [0.5, 0.6) is 5.75 Å². The summed E-state index contributed by atoms with van der Waals surface area (Å²) in [6, 6.07) is 18.0. The number of aliphatic carboxylic acids is 2. The predicted molar refractivity (Wildman–Crippen MR) is 123 cm³/mol. The Balaban J connectivity index is 0.000000569. The van der Waals surface area contributed by atoms with E-state index >= 15 is 0 Å². The van der Waals surface area contributed by atoms with Gasteiger partial charge in [-0.05, 0) is 35.4 Å². The van der Waals surface area contributed by atoms with Gasteiger partial charge in [0.1, 0.15) is 5.75 Å². The monoisotopic (exact) mass is 455 g/mol. The highest BCUT2D eigenvalue weighted by Crippen LogP contribution is 2.29. The second-order valence-corrected chi connectivity index (χ2v) is 7.31. The van der Waals surface area contributed by atoms with Gasteiger partial charge in [-0.15, -0.1) is 0 Å². The molecule has 8 nitrogen and oxygen atoms in total. The Morgan fingerprint density at radius 1 is 1.00 bits per heavy atom. The Morgan fingerprint density at radius 3 is 2.18 bits per heavy atom. The number of nitrogens with zero attached hydrogens (tertiary/aromatic N) is 1. The number of methoxy groups -OCH3 is 1. The maximum Gasteiger partial charge on any atom is 0.414 e. The van der Waals surface area contributed by atoms with E-state index in [0.717, 1.165) is 35.5 Å². The first kappa shape index (κ1) is 25.6. The van der Waals surface area contributed by atoms with Crippen molar-refractivity contribution in [2.75, 3.05) is 33.4 Å². The van der Waals surface area contributed by atoms with Crippen molar-refractivity contribution in [3.63, 3.8) is 0 Å². The Kier molecular flexibility index (Phi) is 10.1. The molecule has 0 amide bonds. The molecule has 2 N–H and O–H groups in total. The van der Waals surface area contributed by atoms with Crippen LogP contribution in [0.2, 0.25) is 0 Å². The normalized spacial score (nSPS) is 15.5. The van der Waals surface area contributed by atoms with E-state index < -0.39 is 11.9 Å². The summed E-state index contributed by atoms with van der Waals surface area (Å²) in [4.78, 5) is 33.3. The van der Waals surface area contributed by atoms with Crippen LogP contribution in [0.1, 0.15) is 18.1 Å². The maximum atomic E-state index is 12.8. The smallest absolute Gasteiger partial charge is 0.414 e. The standard InChI is InChI=1S/C23H27NO3.C2H2O4/c1-3-24-15-13-21(19-7-5-4-6-8-19)22(17-24)23(25)27-16-14-18-9-11-20(26-2)12-10-18;3-1(4)2(5)6/h4-13,22H,3,14-17H2,1-2H3;(H,3,4)(H,5,6). The topological polar surface area (TPSA) is 113 Å². The number of carbonyl (C=O) groups is 3. The van der Waals surface area contributed by atoms with E-state index in [0.29, 0.717) is 19.6 Å². The number of likely N-dealkylation sites (N-methyl/N-ethyl adjacent to an activating group) is 1. The van der Waals surface area contributed by atoms with Crippen molar-refractivity contribution in [1.29, 1.82) is 0 Å². The number of hydrogen-bond donors (Lipinski definition) is 2. The summed E-state index contributed by atoms with van der Waals surface area (Å²) in [5.41, 5.74) is 3.31. The number of esters is 1. The number of ether oxygens (including phenoxy) is 2. The fourth-order valence-corrected chi connectivity index (χ4v) is 3.37. The van der Waals surface area contributed by atoms with E-state index in [2.05, 4.69) is 30.0 Å². The van der Waals surface area contributed by atoms with Crippen LogP contribution in [0.15, 0.2) is 60.7 Å². The lowest BCUT2D eigenvalue weighted by Crippen LogP contribution is -2.38. The molecular weight excluding hydrogens is 426 g/mol. The average molecular weight is 456 g/mol. The van der Waals surface area contributed by atoms with Gasteiger partial charge in [-0.25, -0.2) is 9.59 Å². The Morgan fingerprint density at radius 2 is 1.64 bits per heavy atom. The lowest BCUT2D eigenvalue weighted by Gasteiger charge is -2.31. The molecule has 0 aromatic heterocycles. The molecule has 0 fully saturated rings. The molecule has 1 aliphatic heterocycles. The van der Waals surface area contributed by atoms with Crippen molar-refractivity contribution >= 4 is 23.5 Å². The van der Waals surface area contributed by atoms with Crippen molar-refractivity contribution in [2.24, 2.45) is 5.92 Å². The van der Waals surface area contributed by atoms with Gasteiger partial charge < -0.3 is 19.7 Å². The van der Waals surface area contributed by atoms with Crippen LogP contribution in [0.3, 0.4) is 0 Å². The van der Waals surface area contributed by atoms with Gasteiger partial charge in [-0.3, -0.25) is 9.69 Å². The molecule has 1 heterocycles. The van der Waals surface area contributed by atoms with Crippen molar-refractivity contribution in [3.8, 4) is 5.75 Å². The largest absolute Gasteiger partial charge is 0.497 e. The summed E-state index contributed by atoms with van der Waals surface area (Å²) in [5.74, 6) is -3.20. The van der Waals surface area contributed by atoms with Crippen LogP contribution in [0.25, 0.3) is 5.57 Å². The summed E-state index contributed by atoms with van der Waals surface area (Å²) < 4.78 is 10.8. The van der Waals surface area contributed by atoms with E-state index in [-0.39, 0.29) is 11.9 Å². The fourth-order valence-electron chi connectivity index (χ4n) is 3.37.